The number of hydrogen-bond acceptors (Lipinski definition) is 3. The Kier molecular flexibility index (Phi) is 1.84. The molecule has 3 N–H and O–H groups in total. The number of rotatable bonds is 2. The minimum absolute atomic E-state index is 0.0148. The number of aromatic hydroxyl groups is 2. The van der Waals surface area contributed by atoms with E-state index in [-0.39, 0.29) is 23.3 Å². The number of carboxylic acids is 1. The minimum atomic E-state index is -0.803. The molecule has 0 aromatic heterocycles. The fraction of sp³-hybridized carbons (Fsp3) is 0.300. The SMILES string of the molecule is O=C(O)C1CC1c1ccc(O)c(O)c1. The summed E-state index contributed by atoms with van der Waals surface area (Å²) in [4.78, 5) is 10.6. The Bertz CT molecular complexity index is 386. The fourth-order valence-electron chi connectivity index (χ4n) is 1.61. The summed E-state index contributed by atoms with van der Waals surface area (Å²) in [5.41, 5.74) is 0.771. The molecule has 1 aliphatic carbocycles. The molecule has 4 heteroatoms. The molecule has 0 heterocycles. The highest BCUT2D eigenvalue weighted by atomic mass is 16.4. The van der Waals surface area contributed by atoms with E-state index in [1.807, 2.05) is 0 Å². The molecule has 2 rings (SSSR count). The first-order valence-electron chi connectivity index (χ1n) is 4.34. The summed E-state index contributed by atoms with van der Waals surface area (Å²) >= 11 is 0. The van der Waals surface area contributed by atoms with Crippen LogP contribution in [0.3, 0.4) is 0 Å². The summed E-state index contributed by atoms with van der Waals surface area (Å²) in [6, 6.07) is 4.44. The molecule has 2 unspecified atom stereocenters. The van der Waals surface area contributed by atoms with E-state index < -0.39 is 5.97 Å². The second-order valence-corrected chi connectivity index (χ2v) is 3.54. The number of carbonyl (C=O) groups is 1. The minimum Gasteiger partial charge on any atom is -0.504 e. The Hall–Kier alpha value is -1.71. The van der Waals surface area contributed by atoms with Gasteiger partial charge in [0.1, 0.15) is 0 Å². The lowest BCUT2D eigenvalue weighted by atomic mass is 10.1. The molecule has 1 aromatic carbocycles. The van der Waals surface area contributed by atoms with Crippen molar-refractivity contribution in [3.63, 3.8) is 0 Å². The van der Waals surface area contributed by atoms with Gasteiger partial charge >= 0.3 is 5.97 Å². The molecule has 0 bridgehead atoms. The summed E-state index contributed by atoms with van der Waals surface area (Å²) in [5, 5.41) is 27.0. The van der Waals surface area contributed by atoms with Crippen LogP contribution in [-0.2, 0) is 4.79 Å². The summed E-state index contributed by atoms with van der Waals surface area (Å²) in [6.45, 7) is 0. The zero-order valence-corrected chi connectivity index (χ0v) is 7.34. The molecule has 1 saturated carbocycles. The largest absolute Gasteiger partial charge is 0.504 e. The zero-order valence-electron chi connectivity index (χ0n) is 7.34. The summed E-state index contributed by atoms with van der Waals surface area (Å²) in [6.07, 6.45) is 0.611. The summed E-state index contributed by atoms with van der Waals surface area (Å²) in [5.74, 6) is -1.53. The quantitative estimate of drug-likeness (QED) is 0.620. The van der Waals surface area contributed by atoms with Gasteiger partial charge in [0, 0.05) is 0 Å². The van der Waals surface area contributed by atoms with E-state index >= 15 is 0 Å². The van der Waals surface area contributed by atoms with Gasteiger partial charge in [-0.15, -0.1) is 0 Å². The van der Waals surface area contributed by atoms with Crippen LogP contribution in [0.4, 0.5) is 0 Å². The maximum atomic E-state index is 10.6. The molecule has 4 nitrogen and oxygen atoms in total. The van der Waals surface area contributed by atoms with Crippen molar-refractivity contribution >= 4 is 5.97 Å². The lowest BCUT2D eigenvalue weighted by molar-refractivity contribution is -0.138. The van der Waals surface area contributed by atoms with E-state index in [1.54, 1.807) is 6.07 Å². The van der Waals surface area contributed by atoms with Gasteiger partial charge in [0.05, 0.1) is 5.92 Å². The normalized spacial score (nSPS) is 24.6. The monoisotopic (exact) mass is 194 g/mol. The first-order chi connectivity index (χ1) is 6.59. The van der Waals surface area contributed by atoms with Crippen LogP contribution in [0, 0.1) is 5.92 Å². The number of phenols is 2. The van der Waals surface area contributed by atoms with Crippen molar-refractivity contribution in [1.29, 1.82) is 0 Å². The van der Waals surface area contributed by atoms with Gasteiger partial charge in [-0.1, -0.05) is 6.07 Å². The van der Waals surface area contributed by atoms with Crippen LogP contribution in [0.1, 0.15) is 17.9 Å². The van der Waals surface area contributed by atoms with Gasteiger partial charge in [0.2, 0.25) is 0 Å². The molecule has 1 fully saturated rings. The molecule has 1 aromatic rings. The highest BCUT2D eigenvalue weighted by molar-refractivity contribution is 5.75. The van der Waals surface area contributed by atoms with Gasteiger partial charge in [-0.25, -0.2) is 0 Å². The van der Waals surface area contributed by atoms with E-state index in [0.29, 0.717) is 6.42 Å². The Morgan fingerprint density at radius 1 is 1.29 bits per heavy atom. The third-order valence-electron chi connectivity index (χ3n) is 2.54. The van der Waals surface area contributed by atoms with Crippen molar-refractivity contribution in [3.8, 4) is 11.5 Å². The lowest BCUT2D eigenvalue weighted by Crippen LogP contribution is -1.98. The molecule has 1 aliphatic rings. The van der Waals surface area contributed by atoms with Crippen LogP contribution in [0.5, 0.6) is 11.5 Å². The Morgan fingerprint density at radius 3 is 2.50 bits per heavy atom. The van der Waals surface area contributed by atoms with E-state index in [0.717, 1.165) is 5.56 Å². The molecule has 0 saturated heterocycles. The number of hydrogen-bond donors (Lipinski definition) is 3. The van der Waals surface area contributed by atoms with Crippen molar-refractivity contribution in [1.82, 2.24) is 0 Å². The molecular weight excluding hydrogens is 184 g/mol. The number of carboxylic acid groups (broad SMARTS) is 1. The van der Waals surface area contributed by atoms with Crippen molar-refractivity contribution in [2.75, 3.05) is 0 Å². The Labute approximate surface area is 80.4 Å². The van der Waals surface area contributed by atoms with Crippen LogP contribution in [0.2, 0.25) is 0 Å². The van der Waals surface area contributed by atoms with Crippen LogP contribution >= 0.6 is 0 Å². The van der Waals surface area contributed by atoms with Crippen molar-refractivity contribution in [2.24, 2.45) is 5.92 Å². The maximum Gasteiger partial charge on any atom is 0.307 e. The average molecular weight is 194 g/mol. The third kappa shape index (κ3) is 1.39. The predicted molar refractivity (Wildman–Crippen MR) is 48.3 cm³/mol. The van der Waals surface area contributed by atoms with E-state index in [2.05, 4.69) is 0 Å². The second-order valence-electron chi connectivity index (χ2n) is 3.54. The molecule has 2 atom stereocenters. The molecule has 0 aliphatic heterocycles. The van der Waals surface area contributed by atoms with Crippen LogP contribution in [-0.4, -0.2) is 21.3 Å². The van der Waals surface area contributed by atoms with Crippen molar-refractivity contribution in [3.05, 3.63) is 23.8 Å². The fourth-order valence-corrected chi connectivity index (χ4v) is 1.61. The van der Waals surface area contributed by atoms with Crippen LogP contribution in [0.15, 0.2) is 18.2 Å². The molecule has 14 heavy (non-hydrogen) atoms. The van der Waals surface area contributed by atoms with Gasteiger partial charge in [-0.05, 0) is 30.0 Å². The van der Waals surface area contributed by atoms with Gasteiger partial charge in [-0.2, -0.15) is 0 Å². The van der Waals surface area contributed by atoms with E-state index in [1.165, 1.54) is 12.1 Å². The number of aliphatic carboxylic acids is 1. The van der Waals surface area contributed by atoms with Crippen molar-refractivity contribution < 1.29 is 20.1 Å². The average Bonchev–Trinajstić information content (AvgIpc) is 2.89. The second kappa shape index (κ2) is 2.90. The molecule has 74 valence electrons. The number of phenolic OH excluding ortho intramolecular Hbond substituents is 2. The lowest BCUT2D eigenvalue weighted by Gasteiger charge is -2.01. The van der Waals surface area contributed by atoms with Gasteiger partial charge in [0.25, 0.3) is 0 Å². The summed E-state index contributed by atoms with van der Waals surface area (Å²) < 4.78 is 0. The van der Waals surface area contributed by atoms with Gasteiger partial charge < -0.3 is 15.3 Å². The Balaban J connectivity index is 2.20. The molecule has 0 amide bonds. The first kappa shape index (κ1) is 8.87. The third-order valence-corrected chi connectivity index (χ3v) is 2.54. The van der Waals surface area contributed by atoms with Crippen LogP contribution in [0.25, 0.3) is 0 Å². The maximum absolute atomic E-state index is 10.6. The number of benzene rings is 1. The Morgan fingerprint density at radius 2 is 2.00 bits per heavy atom. The first-order valence-corrected chi connectivity index (χ1v) is 4.34. The predicted octanol–water partition coefficient (Wildman–Crippen LogP) is 1.29. The summed E-state index contributed by atoms with van der Waals surface area (Å²) in [7, 11) is 0. The molecule has 0 spiro atoms. The van der Waals surface area contributed by atoms with Gasteiger partial charge in [0.15, 0.2) is 11.5 Å². The van der Waals surface area contributed by atoms with Crippen molar-refractivity contribution in [2.45, 2.75) is 12.3 Å². The van der Waals surface area contributed by atoms with Gasteiger partial charge in [-0.3, -0.25) is 4.79 Å². The van der Waals surface area contributed by atoms with E-state index in [4.69, 9.17) is 10.2 Å². The smallest absolute Gasteiger partial charge is 0.307 e. The highest BCUT2D eigenvalue weighted by Crippen LogP contribution is 2.48. The highest BCUT2D eigenvalue weighted by Gasteiger charge is 2.44. The van der Waals surface area contributed by atoms with E-state index in [9.17, 15) is 9.90 Å². The van der Waals surface area contributed by atoms with Crippen LogP contribution < -0.4 is 0 Å². The zero-order chi connectivity index (χ0) is 10.3. The molecule has 0 radical (unpaired) electrons. The molecular formula is C10H10O4. The topological polar surface area (TPSA) is 77.8 Å². The standard InChI is InChI=1S/C10H10O4/c11-8-2-1-5(3-9(8)12)6-4-7(6)10(13)14/h1-3,6-7,11-12H,4H2,(H,13,14).